The fraction of sp³-hybridized carbons (Fsp3) is 0.107. The first-order valence-electron chi connectivity index (χ1n) is 10.8. The second kappa shape index (κ2) is 11.0. The van der Waals surface area contributed by atoms with Crippen LogP contribution in [0, 0.1) is 11.6 Å². The third kappa shape index (κ3) is 6.23. The van der Waals surface area contributed by atoms with E-state index in [-0.39, 0.29) is 18.1 Å². The van der Waals surface area contributed by atoms with Crippen LogP contribution in [0.25, 0.3) is 11.1 Å². The topological polar surface area (TPSA) is 38.3 Å². The van der Waals surface area contributed by atoms with Crippen molar-refractivity contribution in [2.75, 3.05) is 11.1 Å². The first-order valence-corrected chi connectivity index (χ1v) is 11.8. The molecular formula is C28H23F2NO2S. The van der Waals surface area contributed by atoms with Crippen LogP contribution in [0.2, 0.25) is 0 Å². The molecule has 1 amide bonds. The standard InChI is InChI=1S/C28H23F2NO2S/c1-2-34-25-13-6-19(7-14-25)16-28(32)31-23-12-15-26(20-8-10-21(29)11-9-20)27(18-23)33-24-5-3-4-22(30)17-24/h3-15,17-18H,2,16H2,1H3,(H,31,32). The molecule has 0 atom stereocenters. The van der Waals surface area contributed by atoms with Crippen LogP contribution in [-0.2, 0) is 11.2 Å². The van der Waals surface area contributed by atoms with Crippen LogP contribution in [0.15, 0.2) is 95.9 Å². The molecule has 0 fully saturated rings. The highest BCUT2D eigenvalue weighted by Crippen LogP contribution is 2.36. The van der Waals surface area contributed by atoms with Crippen LogP contribution in [0.3, 0.4) is 0 Å². The summed E-state index contributed by atoms with van der Waals surface area (Å²) in [5.41, 5.74) is 2.87. The number of rotatable bonds is 8. The first kappa shape index (κ1) is 23.5. The molecule has 34 heavy (non-hydrogen) atoms. The van der Waals surface area contributed by atoms with Crippen molar-refractivity contribution in [3.63, 3.8) is 0 Å². The zero-order chi connectivity index (χ0) is 23.9. The second-order valence-corrected chi connectivity index (χ2v) is 8.92. The Morgan fingerprint density at radius 1 is 0.882 bits per heavy atom. The molecule has 0 saturated carbocycles. The number of thioether (sulfide) groups is 1. The van der Waals surface area contributed by atoms with Crippen molar-refractivity contribution in [2.45, 2.75) is 18.2 Å². The van der Waals surface area contributed by atoms with Crippen LogP contribution in [0.1, 0.15) is 12.5 Å². The van der Waals surface area contributed by atoms with E-state index in [2.05, 4.69) is 12.2 Å². The predicted octanol–water partition coefficient (Wildman–Crippen LogP) is 7.72. The highest BCUT2D eigenvalue weighted by Gasteiger charge is 2.12. The molecule has 0 bridgehead atoms. The first-order chi connectivity index (χ1) is 16.5. The lowest BCUT2D eigenvalue weighted by molar-refractivity contribution is -0.115. The summed E-state index contributed by atoms with van der Waals surface area (Å²) in [4.78, 5) is 13.8. The normalized spacial score (nSPS) is 10.7. The summed E-state index contributed by atoms with van der Waals surface area (Å²) < 4.78 is 33.1. The van der Waals surface area contributed by atoms with Crippen molar-refractivity contribution in [1.29, 1.82) is 0 Å². The van der Waals surface area contributed by atoms with Crippen molar-refractivity contribution in [2.24, 2.45) is 0 Å². The molecule has 0 heterocycles. The molecule has 0 aliphatic carbocycles. The van der Waals surface area contributed by atoms with E-state index < -0.39 is 5.82 Å². The molecule has 0 aromatic heterocycles. The SMILES string of the molecule is CCSc1ccc(CC(=O)Nc2ccc(-c3ccc(F)cc3)c(Oc3cccc(F)c3)c2)cc1. The Morgan fingerprint density at radius 3 is 2.35 bits per heavy atom. The summed E-state index contributed by atoms with van der Waals surface area (Å²) in [6.07, 6.45) is 0.233. The van der Waals surface area contributed by atoms with Crippen molar-refractivity contribution >= 4 is 23.4 Å². The Bertz CT molecular complexity index is 1270. The number of benzene rings is 4. The van der Waals surface area contributed by atoms with E-state index >= 15 is 0 Å². The smallest absolute Gasteiger partial charge is 0.228 e. The highest BCUT2D eigenvalue weighted by atomic mass is 32.2. The Labute approximate surface area is 201 Å². The van der Waals surface area contributed by atoms with Gasteiger partial charge in [-0.3, -0.25) is 4.79 Å². The molecular weight excluding hydrogens is 452 g/mol. The zero-order valence-corrected chi connectivity index (χ0v) is 19.4. The van der Waals surface area contributed by atoms with Crippen LogP contribution >= 0.6 is 11.8 Å². The van der Waals surface area contributed by atoms with Gasteiger partial charge in [0.2, 0.25) is 5.91 Å². The lowest BCUT2D eigenvalue weighted by Crippen LogP contribution is -2.14. The zero-order valence-electron chi connectivity index (χ0n) is 18.6. The maximum atomic E-state index is 13.7. The number of ether oxygens (including phenoxy) is 1. The number of carbonyl (C=O) groups is 1. The van der Waals surface area contributed by atoms with Gasteiger partial charge in [-0.05, 0) is 65.4 Å². The molecule has 6 heteroatoms. The molecule has 0 aliphatic rings. The van der Waals surface area contributed by atoms with Gasteiger partial charge in [0, 0.05) is 28.3 Å². The van der Waals surface area contributed by atoms with Gasteiger partial charge >= 0.3 is 0 Å². The van der Waals surface area contributed by atoms with Crippen molar-refractivity contribution < 1.29 is 18.3 Å². The minimum Gasteiger partial charge on any atom is -0.457 e. The van der Waals surface area contributed by atoms with Gasteiger partial charge < -0.3 is 10.1 Å². The summed E-state index contributed by atoms with van der Waals surface area (Å²) in [7, 11) is 0. The quantitative estimate of drug-likeness (QED) is 0.265. The van der Waals surface area contributed by atoms with E-state index in [0.717, 1.165) is 16.9 Å². The summed E-state index contributed by atoms with van der Waals surface area (Å²) in [6, 6.07) is 25.0. The molecule has 4 aromatic rings. The minimum atomic E-state index is -0.423. The van der Waals surface area contributed by atoms with Gasteiger partial charge in [-0.15, -0.1) is 11.8 Å². The number of anilines is 1. The number of hydrogen-bond acceptors (Lipinski definition) is 3. The van der Waals surface area contributed by atoms with Gasteiger partial charge in [-0.1, -0.05) is 37.3 Å². The van der Waals surface area contributed by atoms with E-state index in [4.69, 9.17) is 4.74 Å². The van der Waals surface area contributed by atoms with E-state index in [0.29, 0.717) is 22.7 Å². The molecule has 4 rings (SSSR count). The van der Waals surface area contributed by atoms with E-state index in [1.165, 1.54) is 29.2 Å². The lowest BCUT2D eigenvalue weighted by atomic mass is 10.0. The lowest BCUT2D eigenvalue weighted by Gasteiger charge is -2.14. The largest absolute Gasteiger partial charge is 0.457 e. The average molecular weight is 476 g/mol. The Kier molecular flexibility index (Phi) is 7.60. The molecule has 4 aromatic carbocycles. The number of amides is 1. The third-order valence-corrected chi connectivity index (χ3v) is 5.94. The third-order valence-electron chi connectivity index (χ3n) is 5.04. The van der Waals surface area contributed by atoms with Gasteiger partial charge in [0.05, 0.1) is 6.42 Å². The minimum absolute atomic E-state index is 0.165. The molecule has 0 spiro atoms. The predicted molar refractivity (Wildman–Crippen MR) is 133 cm³/mol. The number of hydrogen-bond donors (Lipinski definition) is 1. The molecule has 1 N–H and O–H groups in total. The van der Waals surface area contributed by atoms with Crippen LogP contribution < -0.4 is 10.1 Å². The number of carbonyl (C=O) groups excluding carboxylic acids is 1. The fourth-order valence-corrected chi connectivity index (χ4v) is 4.13. The number of halogens is 2. The van der Waals surface area contributed by atoms with Gasteiger partial charge in [0.25, 0.3) is 0 Å². The summed E-state index contributed by atoms with van der Waals surface area (Å²) in [6.45, 7) is 2.10. The van der Waals surface area contributed by atoms with Gasteiger partial charge in [0.15, 0.2) is 0 Å². The Hall–Kier alpha value is -3.64. The van der Waals surface area contributed by atoms with E-state index in [1.807, 2.05) is 24.3 Å². The maximum absolute atomic E-state index is 13.7. The van der Waals surface area contributed by atoms with E-state index in [9.17, 15) is 13.6 Å². The summed E-state index contributed by atoms with van der Waals surface area (Å²) >= 11 is 1.75. The van der Waals surface area contributed by atoms with Crippen molar-refractivity contribution in [3.05, 3.63) is 108 Å². The van der Waals surface area contributed by atoms with Crippen LogP contribution in [-0.4, -0.2) is 11.7 Å². The van der Waals surface area contributed by atoms with Gasteiger partial charge in [-0.2, -0.15) is 0 Å². The maximum Gasteiger partial charge on any atom is 0.228 e. The average Bonchev–Trinajstić information content (AvgIpc) is 2.81. The number of nitrogens with one attached hydrogen (secondary N) is 1. The molecule has 0 unspecified atom stereocenters. The van der Waals surface area contributed by atoms with Crippen LogP contribution in [0.4, 0.5) is 14.5 Å². The van der Waals surface area contributed by atoms with Gasteiger partial charge in [0.1, 0.15) is 23.1 Å². The van der Waals surface area contributed by atoms with Gasteiger partial charge in [-0.25, -0.2) is 8.78 Å². The molecule has 0 radical (unpaired) electrons. The molecule has 0 aliphatic heterocycles. The Balaban J connectivity index is 1.56. The Morgan fingerprint density at radius 2 is 1.65 bits per heavy atom. The summed E-state index contributed by atoms with van der Waals surface area (Å²) in [5, 5.41) is 2.90. The second-order valence-electron chi connectivity index (χ2n) is 7.58. The highest BCUT2D eigenvalue weighted by molar-refractivity contribution is 7.99. The van der Waals surface area contributed by atoms with Crippen molar-refractivity contribution in [3.8, 4) is 22.6 Å². The summed E-state index contributed by atoms with van der Waals surface area (Å²) in [5.74, 6) is 0.790. The van der Waals surface area contributed by atoms with Crippen LogP contribution in [0.5, 0.6) is 11.5 Å². The molecule has 3 nitrogen and oxygen atoms in total. The van der Waals surface area contributed by atoms with Crippen molar-refractivity contribution in [1.82, 2.24) is 0 Å². The monoisotopic (exact) mass is 475 g/mol. The fourth-order valence-electron chi connectivity index (χ4n) is 3.47. The molecule has 172 valence electrons. The molecule has 0 saturated heterocycles. The van der Waals surface area contributed by atoms with E-state index in [1.54, 1.807) is 54.2 Å².